The van der Waals surface area contributed by atoms with Crippen LogP contribution >= 0.6 is 15.9 Å². The van der Waals surface area contributed by atoms with Gasteiger partial charge in [0.15, 0.2) is 0 Å². The van der Waals surface area contributed by atoms with Gasteiger partial charge in [-0.25, -0.2) is 8.42 Å². The Labute approximate surface area is 164 Å². The third kappa shape index (κ3) is 4.44. The Morgan fingerprint density at radius 1 is 1.04 bits per heavy atom. The number of piperazine rings is 1. The van der Waals surface area contributed by atoms with Crippen molar-refractivity contribution in [2.75, 3.05) is 31.1 Å². The van der Waals surface area contributed by atoms with Crippen LogP contribution in [0.4, 0.5) is 18.9 Å². The molecule has 2 aromatic rings. The summed E-state index contributed by atoms with van der Waals surface area (Å²) >= 11 is 3.31. The van der Waals surface area contributed by atoms with Crippen LogP contribution in [0.5, 0.6) is 0 Å². The first-order valence-electron chi connectivity index (χ1n) is 8.14. The molecular weight excluding hydrogens is 447 g/mol. The number of hydrogen-bond donors (Lipinski definition) is 0. The van der Waals surface area contributed by atoms with Crippen molar-refractivity contribution in [3.63, 3.8) is 0 Å². The SMILES string of the molecule is O=S(=O)(c1ccc(CBr)cc1)N1CCN(c2cncc(C(F)(F)F)c2)CC1. The quantitative estimate of drug-likeness (QED) is 0.651. The first kappa shape index (κ1) is 20.1. The molecule has 0 bridgehead atoms. The standard InChI is InChI=1S/C17H17BrF3N3O2S/c18-10-13-1-3-16(4-2-13)27(25,26)24-7-5-23(6-8-24)15-9-14(11-22-12-15)17(19,20)21/h1-4,9,11-12H,5-8,10H2. The van der Waals surface area contributed by atoms with Crippen molar-refractivity contribution >= 4 is 31.6 Å². The number of alkyl halides is 4. The maximum Gasteiger partial charge on any atom is 0.417 e. The fraction of sp³-hybridized carbons (Fsp3) is 0.353. The lowest BCUT2D eigenvalue weighted by Crippen LogP contribution is -2.48. The van der Waals surface area contributed by atoms with Crippen molar-refractivity contribution in [2.24, 2.45) is 0 Å². The van der Waals surface area contributed by atoms with Gasteiger partial charge in [-0.05, 0) is 23.8 Å². The smallest absolute Gasteiger partial charge is 0.368 e. The van der Waals surface area contributed by atoms with E-state index in [2.05, 4.69) is 20.9 Å². The zero-order valence-electron chi connectivity index (χ0n) is 14.2. The van der Waals surface area contributed by atoms with Gasteiger partial charge in [0.25, 0.3) is 0 Å². The highest BCUT2D eigenvalue weighted by atomic mass is 79.9. The zero-order valence-corrected chi connectivity index (χ0v) is 16.6. The maximum absolute atomic E-state index is 12.8. The monoisotopic (exact) mass is 463 g/mol. The number of benzene rings is 1. The van der Waals surface area contributed by atoms with Crippen LogP contribution in [0.15, 0.2) is 47.6 Å². The Hall–Kier alpha value is -1.65. The van der Waals surface area contributed by atoms with Crippen LogP contribution in [0.25, 0.3) is 0 Å². The highest BCUT2D eigenvalue weighted by Gasteiger charge is 2.33. The molecule has 1 saturated heterocycles. The van der Waals surface area contributed by atoms with Gasteiger partial charge in [-0.3, -0.25) is 4.98 Å². The molecule has 0 atom stereocenters. The van der Waals surface area contributed by atoms with Crippen LogP contribution in [0.3, 0.4) is 0 Å². The minimum atomic E-state index is -4.46. The van der Waals surface area contributed by atoms with E-state index in [1.54, 1.807) is 29.2 Å². The highest BCUT2D eigenvalue weighted by molar-refractivity contribution is 9.08. The lowest BCUT2D eigenvalue weighted by atomic mass is 10.2. The number of sulfonamides is 1. The summed E-state index contributed by atoms with van der Waals surface area (Å²) in [7, 11) is -3.63. The number of hydrogen-bond acceptors (Lipinski definition) is 4. The predicted molar refractivity (Wildman–Crippen MR) is 99.3 cm³/mol. The van der Waals surface area contributed by atoms with E-state index in [0.717, 1.165) is 17.8 Å². The second kappa shape index (κ2) is 7.76. The Kier molecular flexibility index (Phi) is 5.78. The van der Waals surface area contributed by atoms with E-state index >= 15 is 0 Å². The summed E-state index contributed by atoms with van der Waals surface area (Å²) in [4.78, 5) is 5.58. The van der Waals surface area contributed by atoms with Crippen LogP contribution < -0.4 is 4.90 Å². The summed E-state index contributed by atoms with van der Waals surface area (Å²) < 4.78 is 65.4. The zero-order chi connectivity index (χ0) is 19.7. The van der Waals surface area contributed by atoms with Crippen molar-refractivity contribution in [1.82, 2.24) is 9.29 Å². The molecule has 0 unspecified atom stereocenters. The summed E-state index contributed by atoms with van der Waals surface area (Å²) in [5.74, 6) is 0. The van der Waals surface area contributed by atoms with Crippen molar-refractivity contribution in [2.45, 2.75) is 16.4 Å². The molecule has 2 heterocycles. The molecule has 0 saturated carbocycles. The molecule has 3 rings (SSSR count). The lowest BCUT2D eigenvalue weighted by molar-refractivity contribution is -0.137. The Balaban J connectivity index is 1.71. The van der Waals surface area contributed by atoms with E-state index in [4.69, 9.17) is 0 Å². The third-order valence-electron chi connectivity index (χ3n) is 4.37. The van der Waals surface area contributed by atoms with E-state index in [1.807, 2.05) is 0 Å². The summed E-state index contributed by atoms with van der Waals surface area (Å²) in [6.07, 6.45) is -2.32. The van der Waals surface area contributed by atoms with Crippen molar-refractivity contribution < 1.29 is 21.6 Å². The molecule has 1 aliphatic heterocycles. The molecule has 0 amide bonds. The van der Waals surface area contributed by atoms with E-state index < -0.39 is 21.8 Å². The van der Waals surface area contributed by atoms with Gasteiger partial charge < -0.3 is 4.90 Å². The van der Waals surface area contributed by atoms with E-state index in [1.165, 1.54) is 10.5 Å². The summed E-state index contributed by atoms with van der Waals surface area (Å²) in [6, 6.07) is 7.65. The fourth-order valence-electron chi connectivity index (χ4n) is 2.84. The van der Waals surface area contributed by atoms with Gasteiger partial charge in [0, 0.05) is 37.7 Å². The summed E-state index contributed by atoms with van der Waals surface area (Å²) in [5, 5.41) is 0.636. The average molecular weight is 464 g/mol. The molecule has 10 heteroatoms. The second-order valence-corrected chi connectivity index (χ2v) is 8.60. The topological polar surface area (TPSA) is 53.5 Å². The van der Waals surface area contributed by atoms with E-state index in [9.17, 15) is 21.6 Å². The maximum atomic E-state index is 12.8. The third-order valence-corrected chi connectivity index (χ3v) is 6.93. The van der Waals surface area contributed by atoms with E-state index in [0.29, 0.717) is 24.1 Å². The van der Waals surface area contributed by atoms with Gasteiger partial charge in [-0.2, -0.15) is 17.5 Å². The number of rotatable bonds is 4. The summed E-state index contributed by atoms with van der Waals surface area (Å²) in [6.45, 7) is 0.973. The van der Waals surface area contributed by atoms with Crippen LogP contribution in [0.2, 0.25) is 0 Å². The number of aromatic nitrogens is 1. The first-order chi connectivity index (χ1) is 12.7. The molecule has 27 heavy (non-hydrogen) atoms. The van der Waals surface area contributed by atoms with Gasteiger partial charge in [-0.15, -0.1) is 0 Å². The van der Waals surface area contributed by atoms with Crippen molar-refractivity contribution in [3.8, 4) is 0 Å². The number of nitrogens with zero attached hydrogens (tertiary/aromatic N) is 3. The van der Waals surface area contributed by atoms with Gasteiger partial charge in [0.2, 0.25) is 10.0 Å². The fourth-order valence-corrected chi connectivity index (χ4v) is 4.64. The van der Waals surface area contributed by atoms with Gasteiger partial charge in [0.1, 0.15) is 0 Å². The van der Waals surface area contributed by atoms with Gasteiger partial charge >= 0.3 is 6.18 Å². The van der Waals surface area contributed by atoms with Gasteiger partial charge in [-0.1, -0.05) is 28.1 Å². The van der Waals surface area contributed by atoms with Crippen LogP contribution in [-0.4, -0.2) is 43.9 Å². The average Bonchev–Trinajstić information content (AvgIpc) is 2.67. The normalized spacial score (nSPS) is 16.5. The molecule has 5 nitrogen and oxygen atoms in total. The Bertz CT molecular complexity index is 896. The predicted octanol–water partition coefficient (Wildman–Crippen LogP) is 3.51. The Morgan fingerprint density at radius 2 is 1.67 bits per heavy atom. The molecule has 1 aromatic heterocycles. The minimum Gasteiger partial charge on any atom is -0.368 e. The second-order valence-electron chi connectivity index (χ2n) is 6.10. The first-order valence-corrected chi connectivity index (χ1v) is 10.7. The van der Waals surface area contributed by atoms with Crippen LogP contribution in [0.1, 0.15) is 11.1 Å². The van der Waals surface area contributed by atoms with Crippen molar-refractivity contribution in [1.29, 1.82) is 0 Å². The van der Waals surface area contributed by atoms with Gasteiger partial charge in [0.05, 0.1) is 22.3 Å². The van der Waals surface area contributed by atoms with Crippen LogP contribution in [0, 0.1) is 0 Å². The lowest BCUT2D eigenvalue weighted by Gasteiger charge is -2.35. The number of anilines is 1. The Morgan fingerprint density at radius 3 is 2.22 bits per heavy atom. The minimum absolute atomic E-state index is 0.193. The van der Waals surface area contributed by atoms with Crippen molar-refractivity contribution in [3.05, 3.63) is 53.9 Å². The molecular formula is C17H17BrF3N3O2S. The molecule has 1 aliphatic rings. The number of halogens is 4. The molecule has 0 N–H and O–H groups in total. The highest BCUT2D eigenvalue weighted by Crippen LogP contribution is 2.31. The number of pyridine rings is 1. The molecule has 1 aromatic carbocycles. The molecule has 0 radical (unpaired) electrons. The van der Waals surface area contributed by atoms with Crippen LogP contribution in [-0.2, 0) is 21.5 Å². The van der Waals surface area contributed by atoms with E-state index in [-0.39, 0.29) is 18.0 Å². The molecule has 1 fully saturated rings. The molecule has 0 aliphatic carbocycles. The largest absolute Gasteiger partial charge is 0.417 e. The summed E-state index contributed by atoms with van der Waals surface area (Å²) in [5.41, 5.74) is 0.487. The molecule has 146 valence electrons. The molecule has 0 spiro atoms.